The molecule has 2 aromatic rings. The number of hydrogen-bond acceptors (Lipinski definition) is 3. The molecule has 1 aromatic carbocycles. The van der Waals surface area contributed by atoms with Gasteiger partial charge in [0.25, 0.3) is 0 Å². The summed E-state index contributed by atoms with van der Waals surface area (Å²) in [6.45, 7) is 8.69. The Bertz CT molecular complexity index is 625. The van der Waals surface area contributed by atoms with E-state index in [1.807, 2.05) is 30.5 Å². The molecule has 0 spiro atoms. The lowest BCUT2D eigenvalue weighted by atomic mass is 9.69. The number of hydrogen-bond donors (Lipinski definition) is 2. The van der Waals surface area contributed by atoms with Gasteiger partial charge in [-0.3, -0.25) is 4.98 Å². The molecule has 0 aliphatic carbocycles. The van der Waals surface area contributed by atoms with Crippen LogP contribution in [0.4, 0.5) is 0 Å². The minimum Gasteiger partial charge on any atom is -0.508 e. The van der Waals surface area contributed by atoms with Gasteiger partial charge >= 0.3 is 0 Å². The van der Waals surface area contributed by atoms with E-state index in [-0.39, 0.29) is 36.3 Å². The molecule has 1 heterocycles. The van der Waals surface area contributed by atoms with Crippen molar-refractivity contribution in [3.63, 3.8) is 0 Å². The van der Waals surface area contributed by atoms with Crippen LogP contribution in [0.3, 0.4) is 0 Å². The monoisotopic (exact) mass is 384 g/mol. The Morgan fingerprint density at radius 1 is 1.00 bits per heavy atom. The van der Waals surface area contributed by atoms with Crippen molar-refractivity contribution in [1.82, 2.24) is 4.98 Å². The molecule has 0 saturated carbocycles. The molecule has 0 amide bonds. The van der Waals surface area contributed by atoms with Crippen molar-refractivity contribution < 1.29 is 5.11 Å². The quantitative estimate of drug-likeness (QED) is 0.722. The number of rotatable bonds is 6. The molecule has 3 N–H and O–H groups in total. The summed E-state index contributed by atoms with van der Waals surface area (Å²) in [6, 6.07) is 11.5. The van der Waals surface area contributed by atoms with Crippen molar-refractivity contribution in [2.75, 3.05) is 0 Å². The number of aromatic hydroxyl groups is 1. The Morgan fingerprint density at radius 2 is 1.60 bits per heavy atom. The summed E-state index contributed by atoms with van der Waals surface area (Å²) in [4.78, 5) is 4.26. The molecule has 1 unspecified atom stereocenters. The largest absolute Gasteiger partial charge is 0.508 e. The van der Waals surface area contributed by atoms with Crippen LogP contribution in [0, 0.1) is 11.8 Å². The predicted molar refractivity (Wildman–Crippen MR) is 110 cm³/mol. The second-order valence-electron chi connectivity index (χ2n) is 7.02. The maximum absolute atomic E-state index is 10.4. The van der Waals surface area contributed by atoms with Gasteiger partial charge in [0.2, 0.25) is 0 Å². The topological polar surface area (TPSA) is 59.1 Å². The molecule has 1 aromatic heterocycles. The average molecular weight is 385 g/mol. The number of nitrogens with zero attached hydrogens (tertiary/aromatic N) is 1. The summed E-state index contributed by atoms with van der Waals surface area (Å²) in [5.41, 5.74) is 8.49. The van der Waals surface area contributed by atoms with Gasteiger partial charge in [0.15, 0.2) is 0 Å². The van der Waals surface area contributed by atoms with Crippen LogP contribution in [-0.2, 0) is 0 Å². The van der Waals surface area contributed by atoms with Gasteiger partial charge in [-0.2, -0.15) is 0 Å². The molecule has 0 aliphatic rings. The Morgan fingerprint density at radius 3 is 2.08 bits per heavy atom. The second kappa shape index (κ2) is 10.0. The van der Waals surface area contributed by atoms with Crippen LogP contribution in [0.25, 0.3) is 0 Å². The van der Waals surface area contributed by atoms with Gasteiger partial charge in [0.05, 0.1) is 0 Å². The third kappa shape index (κ3) is 5.34. The molecule has 1 atom stereocenters. The maximum atomic E-state index is 10.4. The Kier molecular flexibility index (Phi) is 9.49. The molecule has 0 saturated heterocycles. The van der Waals surface area contributed by atoms with Gasteiger partial charge in [-0.1, -0.05) is 52.0 Å². The van der Waals surface area contributed by atoms with Crippen LogP contribution in [0.15, 0.2) is 48.8 Å². The smallest absolute Gasteiger partial charge is 0.119 e. The molecule has 5 heteroatoms. The van der Waals surface area contributed by atoms with E-state index in [1.165, 1.54) is 0 Å². The van der Waals surface area contributed by atoms with Crippen LogP contribution >= 0.6 is 24.8 Å². The maximum Gasteiger partial charge on any atom is 0.119 e. The number of benzene rings is 1. The summed E-state index contributed by atoms with van der Waals surface area (Å²) in [5, 5.41) is 10.4. The van der Waals surface area contributed by atoms with Crippen LogP contribution in [0.5, 0.6) is 5.75 Å². The number of phenols is 1. The summed E-state index contributed by atoms with van der Waals surface area (Å²) in [5.74, 6) is 1.02. The van der Waals surface area contributed by atoms with Crippen LogP contribution in [0.2, 0.25) is 0 Å². The molecule has 140 valence electrons. The Hall–Kier alpha value is -1.29. The molecular weight excluding hydrogens is 355 g/mol. The fourth-order valence-electron chi connectivity index (χ4n) is 3.26. The number of phenolic OH excluding ortho intramolecular Hbond substituents is 1. The van der Waals surface area contributed by atoms with E-state index in [2.05, 4.69) is 38.7 Å². The molecule has 0 radical (unpaired) electrons. The third-order valence-corrected chi connectivity index (χ3v) is 5.11. The fourth-order valence-corrected chi connectivity index (χ4v) is 3.26. The highest BCUT2D eigenvalue weighted by Crippen LogP contribution is 2.40. The Balaban J connectivity index is 0.00000288. The van der Waals surface area contributed by atoms with Gasteiger partial charge < -0.3 is 10.8 Å². The van der Waals surface area contributed by atoms with E-state index >= 15 is 0 Å². The summed E-state index contributed by atoms with van der Waals surface area (Å²) >= 11 is 0. The van der Waals surface area contributed by atoms with E-state index in [0.717, 1.165) is 17.5 Å². The lowest BCUT2D eigenvalue weighted by Gasteiger charge is -2.40. The van der Waals surface area contributed by atoms with E-state index in [1.54, 1.807) is 12.3 Å². The van der Waals surface area contributed by atoms with Crippen molar-refractivity contribution >= 4 is 24.8 Å². The molecular formula is C20H30Cl2N2O. The molecule has 2 rings (SSSR count). The first-order valence-corrected chi connectivity index (χ1v) is 8.33. The standard InChI is InChI=1S/C20H28N2O.2ClH/c1-14(2)20(21,15(3)4)12-18(16-8-7-11-22-13-16)17-9-5-6-10-19(17)23;;/h5-11,13-15,18,23H,12,21H2,1-4H3;2*1H. The van der Waals surface area contributed by atoms with E-state index in [9.17, 15) is 5.11 Å². The summed E-state index contributed by atoms with van der Waals surface area (Å²) < 4.78 is 0. The van der Waals surface area contributed by atoms with Gasteiger partial charge in [0.1, 0.15) is 5.75 Å². The number of para-hydroxylation sites is 1. The van der Waals surface area contributed by atoms with Crippen molar-refractivity contribution in [1.29, 1.82) is 0 Å². The van der Waals surface area contributed by atoms with Crippen molar-refractivity contribution in [3.8, 4) is 5.75 Å². The highest BCUT2D eigenvalue weighted by molar-refractivity contribution is 5.85. The zero-order chi connectivity index (χ0) is 17.0. The highest BCUT2D eigenvalue weighted by Gasteiger charge is 2.36. The summed E-state index contributed by atoms with van der Waals surface area (Å²) in [6.07, 6.45) is 4.41. The van der Waals surface area contributed by atoms with Gasteiger partial charge in [-0.15, -0.1) is 24.8 Å². The highest BCUT2D eigenvalue weighted by atomic mass is 35.5. The van der Waals surface area contributed by atoms with Gasteiger partial charge in [0, 0.05) is 29.4 Å². The van der Waals surface area contributed by atoms with Gasteiger partial charge in [-0.25, -0.2) is 0 Å². The van der Waals surface area contributed by atoms with E-state index in [0.29, 0.717) is 17.6 Å². The minimum atomic E-state index is -0.317. The van der Waals surface area contributed by atoms with E-state index in [4.69, 9.17) is 5.73 Å². The van der Waals surface area contributed by atoms with Gasteiger partial charge in [-0.05, 0) is 36.0 Å². The lowest BCUT2D eigenvalue weighted by molar-refractivity contribution is 0.199. The second-order valence-corrected chi connectivity index (χ2v) is 7.02. The summed E-state index contributed by atoms with van der Waals surface area (Å²) in [7, 11) is 0. The first-order chi connectivity index (χ1) is 10.9. The molecule has 25 heavy (non-hydrogen) atoms. The van der Waals surface area contributed by atoms with Crippen LogP contribution in [-0.4, -0.2) is 15.6 Å². The first-order valence-electron chi connectivity index (χ1n) is 8.33. The van der Waals surface area contributed by atoms with Crippen LogP contribution in [0.1, 0.15) is 51.2 Å². The normalized spacial score (nSPS) is 12.4. The number of pyridine rings is 1. The molecule has 0 bridgehead atoms. The predicted octanol–water partition coefficient (Wildman–Crippen LogP) is 5.16. The zero-order valence-corrected chi connectivity index (χ0v) is 17.0. The SMILES string of the molecule is CC(C)C(N)(CC(c1cccnc1)c1ccccc1O)C(C)C.Cl.Cl. The van der Waals surface area contributed by atoms with E-state index < -0.39 is 0 Å². The lowest BCUT2D eigenvalue weighted by Crippen LogP contribution is -2.51. The van der Waals surface area contributed by atoms with Crippen molar-refractivity contribution in [2.24, 2.45) is 17.6 Å². The molecule has 0 aliphatic heterocycles. The minimum absolute atomic E-state index is 0. The molecule has 3 nitrogen and oxygen atoms in total. The van der Waals surface area contributed by atoms with Crippen molar-refractivity contribution in [3.05, 3.63) is 59.9 Å². The first kappa shape index (κ1) is 23.7. The number of nitrogens with two attached hydrogens (primary N) is 1. The third-order valence-electron chi connectivity index (χ3n) is 5.11. The Labute approximate surface area is 163 Å². The molecule has 0 fully saturated rings. The average Bonchev–Trinajstić information content (AvgIpc) is 2.53. The van der Waals surface area contributed by atoms with Crippen LogP contribution < -0.4 is 5.73 Å². The number of halogens is 2. The fraction of sp³-hybridized carbons (Fsp3) is 0.450. The van der Waals surface area contributed by atoms with Crippen molar-refractivity contribution in [2.45, 2.75) is 45.6 Å². The number of aromatic nitrogens is 1. The zero-order valence-electron chi connectivity index (χ0n) is 15.3.